The van der Waals surface area contributed by atoms with Gasteiger partial charge in [-0.3, -0.25) is 4.79 Å². The van der Waals surface area contributed by atoms with Gasteiger partial charge in [0.1, 0.15) is 12.0 Å². The van der Waals surface area contributed by atoms with Gasteiger partial charge in [-0.05, 0) is 25.7 Å². The first kappa shape index (κ1) is 38.8. The number of aliphatic carboxylic acids is 1. The van der Waals surface area contributed by atoms with Crippen molar-refractivity contribution in [2.75, 3.05) is 6.61 Å². The van der Waals surface area contributed by atoms with Crippen molar-refractivity contribution in [2.45, 2.75) is 132 Å². The van der Waals surface area contributed by atoms with Crippen molar-refractivity contribution in [3.8, 4) is 0 Å². The van der Waals surface area contributed by atoms with Crippen LogP contribution in [0.2, 0.25) is 0 Å². The average molecular weight is 665 g/mol. The molecule has 0 aromatic rings. The van der Waals surface area contributed by atoms with Crippen LogP contribution < -0.4 is 0 Å². The van der Waals surface area contributed by atoms with Crippen LogP contribution in [-0.2, 0) is 28.5 Å². The Hall–Kier alpha value is -2.68. The second-order valence-corrected chi connectivity index (χ2v) is 12.5. The van der Waals surface area contributed by atoms with Crippen LogP contribution in [-0.4, -0.2) is 104 Å². The lowest BCUT2D eigenvalue weighted by Gasteiger charge is -2.44. The fourth-order valence-electron chi connectivity index (χ4n) is 5.98. The summed E-state index contributed by atoms with van der Waals surface area (Å²) in [6, 6.07) is 0. The highest BCUT2D eigenvalue weighted by atomic mass is 16.7. The van der Waals surface area contributed by atoms with E-state index in [0.717, 1.165) is 12.8 Å². The van der Waals surface area contributed by atoms with Crippen molar-refractivity contribution in [2.24, 2.45) is 5.92 Å². The molecule has 10 unspecified atom stereocenters. The summed E-state index contributed by atoms with van der Waals surface area (Å²) in [6.07, 6.45) is 12.7. The van der Waals surface area contributed by atoms with Gasteiger partial charge in [-0.2, -0.15) is 0 Å². The lowest BCUT2D eigenvalue weighted by molar-refractivity contribution is -0.303. The third-order valence-electron chi connectivity index (χ3n) is 8.34. The standard InChI is InChI=1S/C35H52O12/c1-2-3-13-27-14-9-7-5-4-6-8-10-15-28(46-32-18-17-25(37)23-44-32)20-30-33(34(41)42)29(39)22-35(43,47-30)21-26(38)19-24(36)12-11-16-31(40)45-27/h4-11,15-16,24-30,32-33,36-39,43H,2-3,12-14,17-23H2,1H3,(H,41,42)/b5-4+,8-6+,9-7+,15-10+,16-11+. The molecule has 0 saturated carbocycles. The number of unbranched alkanes of at least 4 members (excludes halogenated alkanes) is 1. The Morgan fingerprint density at radius 1 is 0.936 bits per heavy atom. The Balaban J connectivity index is 1.85. The first-order chi connectivity index (χ1) is 22.5. The highest BCUT2D eigenvalue weighted by Gasteiger charge is 2.50. The largest absolute Gasteiger partial charge is 0.481 e. The molecule has 2 bridgehead atoms. The smallest absolute Gasteiger partial charge is 0.330 e. The average Bonchev–Trinajstić information content (AvgIpc) is 2.98. The van der Waals surface area contributed by atoms with Gasteiger partial charge in [0.05, 0.1) is 43.2 Å². The maximum Gasteiger partial charge on any atom is 0.330 e. The zero-order valence-corrected chi connectivity index (χ0v) is 27.1. The van der Waals surface area contributed by atoms with Crippen molar-refractivity contribution in [3.05, 3.63) is 60.8 Å². The molecule has 10 atom stereocenters. The molecule has 0 amide bonds. The number of hydrogen-bond acceptors (Lipinski definition) is 11. The van der Waals surface area contributed by atoms with Gasteiger partial charge in [0, 0.05) is 38.2 Å². The second kappa shape index (κ2) is 20.0. The predicted octanol–water partition coefficient (Wildman–Crippen LogP) is 2.98. The minimum Gasteiger partial charge on any atom is -0.481 e. The summed E-state index contributed by atoms with van der Waals surface area (Å²) < 4.78 is 23.3. The van der Waals surface area contributed by atoms with Crippen LogP contribution in [0.1, 0.15) is 77.6 Å². The number of carbonyl (C=O) groups is 2. The fourth-order valence-corrected chi connectivity index (χ4v) is 5.98. The third kappa shape index (κ3) is 14.1. The number of rotatable bonds is 6. The van der Waals surface area contributed by atoms with E-state index in [2.05, 4.69) is 6.92 Å². The van der Waals surface area contributed by atoms with Crippen LogP contribution in [0.4, 0.5) is 0 Å². The molecular weight excluding hydrogens is 612 g/mol. The van der Waals surface area contributed by atoms with Gasteiger partial charge in [0.15, 0.2) is 12.1 Å². The van der Waals surface area contributed by atoms with E-state index in [0.29, 0.717) is 25.7 Å². The number of aliphatic hydroxyl groups is 5. The zero-order valence-electron chi connectivity index (χ0n) is 27.1. The van der Waals surface area contributed by atoms with Crippen molar-refractivity contribution in [3.63, 3.8) is 0 Å². The minimum atomic E-state index is -2.09. The topological polar surface area (TPSA) is 192 Å². The van der Waals surface area contributed by atoms with Gasteiger partial charge in [-0.1, -0.05) is 74.4 Å². The fraction of sp³-hybridized carbons (Fsp3) is 0.657. The van der Waals surface area contributed by atoms with Gasteiger partial charge < -0.3 is 49.6 Å². The number of aliphatic hydroxyl groups excluding tert-OH is 4. The summed E-state index contributed by atoms with van der Waals surface area (Å²) in [5.74, 6) is -5.32. The molecule has 12 nitrogen and oxygen atoms in total. The van der Waals surface area contributed by atoms with Gasteiger partial charge in [-0.15, -0.1) is 0 Å². The van der Waals surface area contributed by atoms with E-state index in [4.69, 9.17) is 18.9 Å². The summed E-state index contributed by atoms with van der Waals surface area (Å²) in [5.41, 5.74) is 0. The number of fused-ring (bicyclic) bond motifs is 2. The maximum absolute atomic E-state index is 12.4. The van der Waals surface area contributed by atoms with Crippen LogP contribution in [0.25, 0.3) is 0 Å². The van der Waals surface area contributed by atoms with Gasteiger partial charge in [-0.25, -0.2) is 4.79 Å². The van der Waals surface area contributed by atoms with Crippen LogP contribution in [0.3, 0.4) is 0 Å². The summed E-state index contributed by atoms with van der Waals surface area (Å²) in [4.78, 5) is 24.6. The number of allylic oxidation sites excluding steroid dienone is 6. The summed E-state index contributed by atoms with van der Waals surface area (Å²) in [5, 5.41) is 63.2. The minimum absolute atomic E-state index is 0.0429. The van der Waals surface area contributed by atoms with Gasteiger partial charge in [0.2, 0.25) is 0 Å². The van der Waals surface area contributed by atoms with Crippen molar-refractivity contribution < 1.29 is 59.2 Å². The summed E-state index contributed by atoms with van der Waals surface area (Å²) >= 11 is 0. The van der Waals surface area contributed by atoms with Crippen molar-refractivity contribution in [1.29, 1.82) is 0 Å². The van der Waals surface area contributed by atoms with Gasteiger partial charge >= 0.3 is 11.9 Å². The molecule has 0 radical (unpaired) electrons. The van der Waals surface area contributed by atoms with E-state index in [9.17, 15) is 40.2 Å². The molecule has 0 spiro atoms. The van der Waals surface area contributed by atoms with E-state index >= 15 is 0 Å². The molecule has 0 aliphatic carbocycles. The number of carboxylic acids is 1. The molecule has 0 aromatic heterocycles. The van der Waals surface area contributed by atoms with E-state index in [-0.39, 0.29) is 32.0 Å². The Labute approximate surface area is 276 Å². The molecule has 264 valence electrons. The molecule has 3 heterocycles. The van der Waals surface area contributed by atoms with Crippen LogP contribution in [0, 0.1) is 5.92 Å². The molecule has 3 aliphatic heterocycles. The van der Waals surface area contributed by atoms with E-state index < -0.39 is 79.4 Å². The second-order valence-electron chi connectivity index (χ2n) is 12.5. The first-order valence-corrected chi connectivity index (χ1v) is 16.6. The SMILES string of the molecule is CCCCC1C/C=C/C=C/C=C/C=C/C(OC2CCC(O)CO2)CC2OC(O)(CC(O)CC(O)C/C=C/C(=O)O1)CC(O)C2C(=O)O. The van der Waals surface area contributed by atoms with E-state index in [1.807, 2.05) is 24.3 Å². The molecule has 3 aliphatic rings. The molecule has 2 saturated heterocycles. The molecule has 47 heavy (non-hydrogen) atoms. The molecule has 2 fully saturated rings. The Bertz CT molecular complexity index is 1110. The maximum atomic E-state index is 12.4. The normalized spacial score (nSPS) is 40.2. The van der Waals surface area contributed by atoms with E-state index in [1.165, 1.54) is 12.2 Å². The molecule has 0 aromatic carbocycles. The zero-order chi connectivity index (χ0) is 34.2. The summed E-state index contributed by atoms with van der Waals surface area (Å²) in [6.45, 7) is 2.16. The first-order valence-electron chi connectivity index (χ1n) is 16.6. The highest BCUT2D eigenvalue weighted by molar-refractivity contribution is 5.82. The molecule has 3 rings (SSSR count). The number of ether oxygens (including phenoxy) is 4. The predicted molar refractivity (Wildman–Crippen MR) is 172 cm³/mol. The monoisotopic (exact) mass is 664 g/mol. The molecule has 6 N–H and O–H groups in total. The number of esters is 1. The number of carboxylic acid groups (broad SMARTS) is 1. The van der Waals surface area contributed by atoms with Gasteiger partial charge in [0.25, 0.3) is 0 Å². The quantitative estimate of drug-likeness (QED) is 0.228. The molecule has 12 heteroatoms. The van der Waals surface area contributed by atoms with Crippen molar-refractivity contribution >= 4 is 11.9 Å². The highest BCUT2D eigenvalue weighted by Crippen LogP contribution is 2.38. The third-order valence-corrected chi connectivity index (χ3v) is 8.34. The van der Waals surface area contributed by atoms with Crippen LogP contribution in [0.15, 0.2) is 60.8 Å². The van der Waals surface area contributed by atoms with Crippen LogP contribution in [0.5, 0.6) is 0 Å². The lowest BCUT2D eigenvalue weighted by Crippen LogP contribution is -2.56. The van der Waals surface area contributed by atoms with Crippen LogP contribution >= 0.6 is 0 Å². The number of cyclic esters (lactones) is 1. The summed E-state index contributed by atoms with van der Waals surface area (Å²) in [7, 11) is 0. The van der Waals surface area contributed by atoms with E-state index in [1.54, 1.807) is 24.3 Å². The lowest BCUT2D eigenvalue weighted by atomic mass is 9.83. The number of carbonyl (C=O) groups excluding carboxylic acids is 1. The van der Waals surface area contributed by atoms with Crippen molar-refractivity contribution in [1.82, 2.24) is 0 Å². The Morgan fingerprint density at radius 3 is 2.38 bits per heavy atom. The Kier molecular flexibility index (Phi) is 16.5. The number of hydrogen-bond donors (Lipinski definition) is 6. The molecular formula is C35H52O12. The Morgan fingerprint density at radius 2 is 1.68 bits per heavy atom.